The lowest BCUT2D eigenvalue weighted by atomic mass is 10.1. The molecule has 1 heterocycles. The van der Waals surface area contributed by atoms with Gasteiger partial charge in [-0.25, -0.2) is 0 Å². The number of aliphatic hydroxyl groups is 2. The summed E-state index contributed by atoms with van der Waals surface area (Å²) >= 11 is 0. The van der Waals surface area contributed by atoms with E-state index in [-0.39, 0.29) is 12.5 Å². The first-order valence-corrected chi connectivity index (χ1v) is 5.88. The van der Waals surface area contributed by atoms with Crippen LogP contribution in [0.5, 0.6) is 0 Å². The molecule has 0 aromatic heterocycles. The molecule has 94 valence electrons. The van der Waals surface area contributed by atoms with E-state index in [1.165, 1.54) is 0 Å². The first-order chi connectivity index (χ1) is 8.72. The minimum absolute atomic E-state index is 0.116. The lowest BCUT2D eigenvalue weighted by Gasteiger charge is -2.16. The molecule has 4 heteroatoms. The molecule has 18 heavy (non-hydrogen) atoms. The van der Waals surface area contributed by atoms with Gasteiger partial charge in [0, 0.05) is 18.7 Å². The quantitative estimate of drug-likeness (QED) is 0.697. The van der Waals surface area contributed by atoms with Crippen molar-refractivity contribution >= 4 is 5.91 Å². The molecule has 1 atom stereocenters. The summed E-state index contributed by atoms with van der Waals surface area (Å²) in [7, 11) is 0. The highest BCUT2D eigenvalue weighted by Crippen LogP contribution is 2.16. The van der Waals surface area contributed by atoms with Crippen LogP contribution in [0.2, 0.25) is 0 Å². The van der Waals surface area contributed by atoms with Crippen LogP contribution in [0.1, 0.15) is 22.3 Å². The number of rotatable bonds is 1. The Morgan fingerprint density at radius 1 is 1.44 bits per heavy atom. The number of hydrogen-bond acceptors (Lipinski definition) is 3. The molecule has 2 N–H and O–H groups in total. The van der Waals surface area contributed by atoms with E-state index in [0.717, 1.165) is 0 Å². The monoisotopic (exact) mass is 245 g/mol. The Labute approximate surface area is 106 Å². The Morgan fingerprint density at radius 3 is 2.89 bits per heavy atom. The third-order valence-electron chi connectivity index (χ3n) is 2.91. The first-order valence-electron chi connectivity index (χ1n) is 5.88. The number of benzene rings is 1. The number of aliphatic hydroxyl groups excluding tert-OH is 2. The molecule has 2 rings (SSSR count). The molecule has 1 amide bonds. The van der Waals surface area contributed by atoms with Gasteiger partial charge in [-0.2, -0.15) is 0 Å². The van der Waals surface area contributed by atoms with E-state index in [1.54, 1.807) is 29.2 Å². The molecule has 0 aliphatic carbocycles. The number of carbonyl (C=O) groups is 1. The summed E-state index contributed by atoms with van der Waals surface area (Å²) in [4.78, 5) is 13.9. The molecule has 0 bridgehead atoms. The maximum Gasteiger partial charge on any atom is 0.255 e. The summed E-state index contributed by atoms with van der Waals surface area (Å²) in [6.45, 7) is 0.716. The van der Waals surface area contributed by atoms with Gasteiger partial charge in [0.1, 0.15) is 6.61 Å². The predicted octanol–water partition coefficient (Wildman–Crippen LogP) is 0.237. The van der Waals surface area contributed by atoms with Crippen LogP contribution in [-0.2, 0) is 0 Å². The number of amides is 1. The number of carbonyl (C=O) groups excluding carboxylic acids is 1. The second-order valence-electron chi connectivity index (χ2n) is 4.20. The SMILES string of the molecule is O=C(c1ccccc1C#CCO)N1CCC(O)C1. The van der Waals surface area contributed by atoms with Crippen LogP contribution < -0.4 is 0 Å². The summed E-state index contributed by atoms with van der Waals surface area (Å²) in [5.74, 6) is 5.20. The number of hydrogen-bond donors (Lipinski definition) is 2. The molecule has 0 radical (unpaired) electrons. The topological polar surface area (TPSA) is 60.8 Å². The third-order valence-corrected chi connectivity index (χ3v) is 2.91. The molecule has 0 spiro atoms. The van der Waals surface area contributed by atoms with Gasteiger partial charge >= 0.3 is 0 Å². The molecular formula is C14H15NO3. The summed E-state index contributed by atoms with van der Waals surface area (Å²) in [6.07, 6.45) is 0.195. The Bertz CT molecular complexity index is 501. The molecular weight excluding hydrogens is 230 g/mol. The summed E-state index contributed by atoms with van der Waals surface area (Å²) in [6, 6.07) is 7.05. The van der Waals surface area contributed by atoms with Gasteiger partial charge in [-0.05, 0) is 18.6 Å². The van der Waals surface area contributed by atoms with E-state index >= 15 is 0 Å². The van der Waals surface area contributed by atoms with Crippen molar-refractivity contribution in [3.63, 3.8) is 0 Å². The van der Waals surface area contributed by atoms with E-state index < -0.39 is 6.10 Å². The third kappa shape index (κ3) is 2.70. The normalized spacial score (nSPS) is 18.3. The van der Waals surface area contributed by atoms with E-state index in [9.17, 15) is 9.90 Å². The zero-order valence-corrected chi connectivity index (χ0v) is 9.97. The minimum Gasteiger partial charge on any atom is -0.391 e. The van der Waals surface area contributed by atoms with Gasteiger partial charge in [-0.3, -0.25) is 4.79 Å². The fourth-order valence-electron chi connectivity index (χ4n) is 2.01. The van der Waals surface area contributed by atoms with Crippen LogP contribution in [-0.4, -0.2) is 46.8 Å². The zero-order chi connectivity index (χ0) is 13.0. The van der Waals surface area contributed by atoms with Crippen LogP contribution >= 0.6 is 0 Å². The molecule has 4 nitrogen and oxygen atoms in total. The van der Waals surface area contributed by atoms with Crippen molar-refractivity contribution in [3.05, 3.63) is 35.4 Å². The average molecular weight is 245 g/mol. The van der Waals surface area contributed by atoms with Crippen LogP contribution in [0.3, 0.4) is 0 Å². The molecule has 1 aromatic rings. The highest BCUT2D eigenvalue weighted by molar-refractivity contribution is 5.96. The van der Waals surface area contributed by atoms with Gasteiger partial charge in [0.25, 0.3) is 5.91 Å². The van der Waals surface area contributed by atoms with Crippen LogP contribution in [0.15, 0.2) is 24.3 Å². The summed E-state index contributed by atoms with van der Waals surface area (Å²) in [5.41, 5.74) is 1.13. The van der Waals surface area contributed by atoms with Crippen molar-refractivity contribution in [2.75, 3.05) is 19.7 Å². The van der Waals surface area contributed by atoms with E-state index in [1.807, 2.05) is 0 Å². The second-order valence-corrected chi connectivity index (χ2v) is 4.20. The van der Waals surface area contributed by atoms with Crippen molar-refractivity contribution in [1.29, 1.82) is 0 Å². The zero-order valence-electron chi connectivity index (χ0n) is 9.97. The Balaban J connectivity index is 2.24. The second kappa shape index (κ2) is 5.67. The summed E-state index contributed by atoms with van der Waals surface area (Å²) in [5, 5.41) is 18.2. The Kier molecular flexibility index (Phi) is 3.98. The van der Waals surface area contributed by atoms with Gasteiger partial charge in [-0.1, -0.05) is 24.0 Å². The molecule has 1 aliphatic rings. The predicted molar refractivity (Wildman–Crippen MR) is 66.9 cm³/mol. The largest absolute Gasteiger partial charge is 0.391 e. The van der Waals surface area contributed by atoms with Crippen molar-refractivity contribution in [2.24, 2.45) is 0 Å². The standard InChI is InChI=1S/C14H15NO3/c16-9-3-5-11-4-1-2-6-13(11)14(18)15-8-7-12(17)10-15/h1-2,4,6,12,16-17H,7-10H2. The fourth-order valence-corrected chi connectivity index (χ4v) is 2.01. The first kappa shape index (κ1) is 12.6. The fraction of sp³-hybridized carbons (Fsp3) is 0.357. The summed E-state index contributed by atoms with van der Waals surface area (Å²) < 4.78 is 0. The number of nitrogens with zero attached hydrogens (tertiary/aromatic N) is 1. The van der Waals surface area contributed by atoms with E-state index in [0.29, 0.717) is 30.6 Å². The van der Waals surface area contributed by atoms with Crippen molar-refractivity contribution < 1.29 is 15.0 Å². The highest BCUT2D eigenvalue weighted by Gasteiger charge is 2.26. The van der Waals surface area contributed by atoms with Crippen molar-refractivity contribution in [1.82, 2.24) is 4.90 Å². The lowest BCUT2D eigenvalue weighted by Crippen LogP contribution is -2.30. The molecule has 1 aromatic carbocycles. The molecule has 1 aliphatic heterocycles. The Hall–Kier alpha value is -1.83. The van der Waals surface area contributed by atoms with Crippen molar-refractivity contribution in [2.45, 2.75) is 12.5 Å². The molecule has 1 fully saturated rings. The van der Waals surface area contributed by atoms with Crippen LogP contribution in [0, 0.1) is 11.8 Å². The van der Waals surface area contributed by atoms with Crippen molar-refractivity contribution in [3.8, 4) is 11.8 Å². The number of likely N-dealkylation sites (tertiary alicyclic amines) is 1. The number of β-amino-alcohol motifs (C(OH)–C–C–N with tert-alkyl or cyclic N) is 1. The smallest absolute Gasteiger partial charge is 0.255 e. The van der Waals surface area contributed by atoms with Gasteiger partial charge < -0.3 is 15.1 Å². The Morgan fingerprint density at radius 2 is 2.22 bits per heavy atom. The van der Waals surface area contributed by atoms with Crippen LogP contribution in [0.4, 0.5) is 0 Å². The maximum absolute atomic E-state index is 12.3. The lowest BCUT2D eigenvalue weighted by molar-refractivity contribution is 0.0764. The molecule has 0 saturated carbocycles. The van der Waals surface area contributed by atoms with Gasteiger partial charge in [0.15, 0.2) is 0 Å². The van der Waals surface area contributed by atoms with E-state index in [4.69, 9.17) is 5.11 Å². The van der Waals surface area contributed by atoms with Gasteiger partial charge in [0.05, 0.1) is 11.7 Å². The van der Waals surface area contributed by atoms with Gasteiger partial charge in [-0.15, -0.1) is 0 Å². The van der Waals surface area contributed by atoms with Gasteiger partial charge in [0.2, 0.25) is 0 Å². The molecule has 1 saturated heterocycles. The highest BCUT2D eigenvalue weighted by atomic mass is 16.3. The minimum atomic E-state index is -0.426. The average Bonchev–Trinajstić information content (AvgIpc) is 2.82. The maximum atomic E-state index is 12.3. The molecule has 1 unspecified atom stereocenters. The van der Waals surface area contributed by atoms with E-state index in [2.05, 4.69) is 11.8 Å². The van der Waals surface area contributed by atoms with Crippen LogP contribution in [0.25, 0.3) is 0 Å².